The number of rotatable bonds is 5. The van der Waals surface area contributed by atoms with Crippen LogP contribution in [0.2, 0.25) is 5.02 Å². The largest absolute Gasteiger partial charge is 0.342 e. The van der Waals surface area contributed by atoms with Gasteiger partial charge in [0, 0.05) is 23.5 Å². The normalized spacial score (nSPS) is 11.0. The van der Waals surface area contributed by atoms with E-state index in [1.165, 1.54) is 5.56 Å². The first-order chi connectivity index (χ1) is 13.4. The summed E-state index contributed by atoms with van der Waals surface area (Å²) in [5.74, 6) is 0. The Balaban J connectivity index is 1.63. The van der Waals surface area contributed by atoms with Gasteiger partial charge in [0.15, 0.2) is 5.11 Å². The molecular weight excluding hydrogens is 388 g/mol. The predicted octanol–water partition coefficient (Wildman–Crippen LogP) is 5.44. The van der Waals surface area contributed by atoms with Crippen molar-refractivity contribution >= 4 is 40.8 Å². The molecule has 0 aliphatic carbocycles. The van der Waals surface area contributed by atoms with Crippen LogP contribution in [-0.4, -0.2) is 15.9 Å². The molecular formula is C22H23ClN4S. The lowest BCUT2D eigenvalue weighted by Gasteiger charge is -2.14. The number of anilines is 1. The molecule has 2 aromatic carbocycles. The molecule has 1 aromatic heterocycles. The molecule has 0 aliphatic heterocycles. The van der Waals surface area contributed by atoms with Crippen molar-refractivity contribution < 1.29 is 0 Å². The Morgan fingerprint density at radius 3 is 2.57 bits per heavy atom. The SMILES string of the molecule is Cc1cc(C)c(NC(=S)N/N=C\c2cccn2Cc2cccc(Cl)c2)c(C)c1. The maximum atomic E-state index is 6.07. The minimum Gasteiger partial charge on any atom is -0.342 e. The number of thiocarbonyl (C=S) groups is 1. The number of hydrogen-bond acceptors (Lipinski definition) is 2. The molecule has 0 amide bonds. The highest BCUT2D eigenvalue weighted by molar-refractivity contribution is 7.80. The summed E-state index contributed by atoms with van der Waals surface area (Å²) in [6.07, 6.45) is 3.77. The second-order valence-electron chi connectivity index (χ2n) is 6.79. The van der Waals surface area contributed by atoms with E-state index in [-0.39, 0.29) is 0 Å². The van der Waals surface area contributed by atoms with Gasteiger partial charge in [-0.05, 0) is 73.9 Å². The van der Waals surface area contributed by atoms with E-state index in [0.717, 1.165) is 39.6 Å². The molecule has 0 atom stereocenters. The molecule has 3 aromatic rings. The van der Waals surface area contributed by atoms with Crippen molar-refractivity contribution in [2.24, 2.45) is 5.10 Å². The van der Waals surface area contributed by atoms with Crippen LogP contribution < -0.4 is 10.7 Å². The summed E-state index contributed by atoms with van der Waals surface area (Å²) < 4.78 is 2.10. The molecule has 6 heteroatoms. The van der Waals surface area contributed by atoms with Crippen LogP contribution in [0.5, 0.6) is 0 Å². The fourth-order valence-corrected chi connectivity index (χ4v) is 3.56. The van der Waals surface area contributed by atoms with E-state index in [1.54, 1.807) is 6.21 Å². The Hall–Kier alpha value is -2.63. The maximum Gasteiger partial charge on any atom is 0.191 e. The van der Waals surface area contributed by atoms with E-state index >= 15 is 0 Å². The third-order valence-corrected chi connectivity index (χ3v) is 4.81. The van der Waals surface area contributed by atoms with Crippen LogP contribution in [-0.2, 0) is 6.54 Å². The summed E-state index contributed by atoms with van der Waals surface area (Å²) in [5.41, 5.74) is 9.56. The lowest BCUT2D eigenvalue weighted by molar-refractivity contribution is 0.799. The molecule has 28 heavy (non-hydrogen) atoms. The Labute approximate surface area is 176 Å². The van der Waals surface area contributed by atoms with Gasteiger partial charge in [0.05, 0.1) is 11.9 Å². The summed E-state index contributed by atoms with van der Waals surface area (Å²) >= 11 is 11.5. The zero-order chi connectivity index (χ0) is 20.1. The minimum absolute atomic E-state index is 0.458. The van der Waals surface area contributed by atoms with Crippen LogP contribution in [0.15, 0.2) is 59.8 Å². The molecule has 0 saturated heterocycles. The first-order valence-electron chi connectivity index (χ1n) is 9.00. The molecule has 0 unspecified atom stereocenters. The van der Waals surface area contributed by atoms with Gasteiger partial charge in [-0.15, -0.1) is 0 Å². The summed E-state index contributed by atoms with van der Waals surface area (Å²) in [4.78, 5) is 0. The van der Waals surface area contributed by atoms with Crippen LogP contribution in [0.3, 0.4) is 0 Å². The van der Waals surface area contributed by atoms with E-state index in [0.29, 0.717) is 5.11 Å². The van der Waals surface area contributed by atoms with Crippen molar-refractivity contribution in [3.63, 3.8) is 0 Å². The number of aryl methyl sites for hydroxylation is 3. The average molecular weight is 411 g/mol. The fourth-order valence-electron chi connectivity index (χ4n) is 3.20. The quantitative estimate of drug-likeness (QED) is 0.334. The molecule has 144 valence electrons. The van der Waals surface area contributed by atoms with Gasteiger partial charge in [-0.3, -0.25) is 5.43 Å². The van der Waals surface area contributed by atoms with Gasteiger partial charge in [0.25, 0.3) is 0 Å². The molecule has 0 aliphatic rings. The topological polar surface area (TPSA) is 41.4 Å². The van der Waals surface area contributed by atoms with Crippen molar-refractivity contribution in [1.82, 2.24) is 9.99 Å². The van der Waals surface area contributed by atoms with Crippen LogP contribution in [0, 0.1) is 20.8 Å². The van der Waals surface area contributed by atoms with Gasteiger partial charge in [-0.2, -0.15) is 5.10 Å². The van der Waals surface area contributed by atoms with Crippen LogP contribution in [0.4, 0.5) is 5.69 Å². The van der Waals surface area contributed by atoms with Gasteiger partial charge in [0.1, 0.15) is 0 Å². The predicted molar refractivity (Wildman–Crippen MR) is 123 cm³/mol. The van der Waals surface area contributed by atoms with Gasteiger partial charge < -0.3 is 9.88 Å². The highest BCUT2D eigenvalue weighted by atomic mass is 35.5. The third-order valence-electron chi connectivity index (χ3n) is 4.39. The lowest BCUT2D eigenvalue weighted by atomic mass is 10.1. The third kappa shape index (κ3) is 5.21. The zero-order valence-electron chi connectivity index (χ0n) is 16.2. The molecule has 0 fully saturated rings. The van der Waals surface area contributed by atoms with E-state index in [4.69, 9.17) is 23.8 Å². The van der Waals surface area contributed by atoms with Gasteiger partial charge in [0.2, 0.25) is 0 Å². The summed E-state index contributed by atoms with van der Waals surface area (Å²) in [6, 6.07) is 16.1. The van der Waals surface area contributed by atoms with Crippen molar-refractivity contribution in [2.75, 3.05) is 5.32 Å². The Bertz CT molecular complexity index is 1000. The Kier molecular flexibility index (Phi) is 6.49. The summed E-state index contributed by atoms with van der Waals surface area (Å²) in [6.45, 7) is 6.94. The number of nitrogens with one attached hydrogen (secondary N) is 2. The highest BCUT2D eigenvalue weighted by Crippen LogP contribution is 2.21. The van der Waals surface area contributed by atoms with E-state index in [9.17, 15) is 0 Å². The van der Waals surface area contributed by atoms with Crippen LogP contribution in [0.25, 0.3) is 0 Å². The number of halogens is 1. The van der Waals surface area contributed by atoms with Crippen molar-refractivity contribution in [1.29, 1.82) is 0 Å². The highest BCUT2D eigenvalue weighted by Gasteiger charge is 2.05. The van der Waals surface area contributed by atoms with Crippen molar-refractivity contribution in [2.45, 2.75) is 27.3 Å². The van der Waals surface area contributed by atoms with Gasteiger partial charge >= 0.3 is 0 Å². The molecule has 1 heterocycles. The smallest absolute Gasteiger partial charge is 0.191 e. The number of hydrazone groups is 1. The second kappa shape index (κ2) is 9.04. The molecule has 0 spiro atoms. The van der Waals surface area contributed by atoms with Crippen molar-refractivity contribution in [3.05, 3.63) is 87.7 Å². The molecule has 0 bridgehead atoms. The lowest BCUT2D eigenvalue weighted by Crippen LogP contribution is -2.25. The van der Waals surface area contributed by atoms with Gasteiger partial charge in [-0.1, -0.05) is 41.4 Å². The first-order valence-corrected chi connectivity index (χ1v) is 9.78. The molecule has 0 radical (unpaired) electrons. The average Bonchev–Trinajstić information content (AvgIpc) is 3.05. The van der Waals surface area contributed by atoms with Crippen LogP contribution in [0.1, 0.15) is 27.9 Å². The molecule has 4 nitrogen and oxygen atoms in total. The number of hydrogen-bond donors (Lipinski definition) is 2. The second-order valence-corrected chi connectivity index (χ2v) is 7.63. The molecule has 0 saturated carbocycles. The first kappa shape index (κ1) is 20.1. The fraction of sp³-hybridized carbons (Fsp3) is 0.182. The molecule has 2 N–H and O–H groups in total. The van der Waals surface area contributed by atoms with E-state index < -0.39 is 0 Å². The number of benzene rings is 2. The van der Waals surface area contributed by atoms with E-state index in [1.807, 2.05) is 36.5 Å². The zero-order valence-corrected chi connectivity index (χ0v) is 17.7. The van der Waals surface area contributed by atoms with E-state index in [2.05, 4.69) is 59.4 Å². The van der Waals surface area contributed by atoms with Crippen LogP contribution >= 0.6 is 23.8 Å². The van der Waals surface area contributed by atoms with Gasteiger partial charge in [-0.25, -0.2) is 0 Å². The minimum atomic E-state index is 0.458. The maximum absolute atomic E-state index is 6.07. The number of nitrogens with zero attached hydrogens (tertiary/aromatic N) is 2. The Morgan fingerprint density at radius 1 is 1.11 bits per heavy atom. The summed E-state index contributed by atoms with van der Waals surface area (Å²) in [7, 11) is 0. The summed E-state index contributed by atoms with van der Waals surface area (Å²) in [5, 5.41) is 8.71. The monoisotopic (exact) mass is 410 g/mol. The number of aromatic nitrogens is 1. The standard InChI is InChI=1S/C22H23ClN4S/c1-15-10-16(2)21(17(3)11-15)25-22(28)26-24-13-20-8-5-9-27(20)14-18-6-4-7-19(23)12-18/h4-13H,14H2,1-3H3,(H2,25,26,28)/b24-13-. The van der Waals surface area contributed by atoms with Crippen molar-refractivity contribution in [3.8, 4) is 0 Å². The molecule has 3 rings (SSSR count). The Morgan fingerprint density at radius 2 is 1.86 bits per heavy atom.